The first-order valence-electron chi connectivity index (χ1n) is 13.1. The molecular formula is C30H34N2O6. The van der Waals surface area contributed by atoms with Crippen LogP contribution < -0.4 is 14.2 Å². The smallest absolute Gasteiger partial charge is 0.316 e. The van der Waals surface area contributed by atoms with Gasteiger partial charge >= 0.3 is 12.0 Å². The Bertz CT molecular complexity index is 1340. The van der Waals surface area contributed by atoms with Gasteiger partial charge in [0.25, 0.3) is 0 Å². The standard InChI is InChI=1S/C30H34N2O6/c1-17-28(18(2)32-29(31-17)36-13-12-30(3,4)35)24-7-5-6-23-22(24)10-11-25(23)38-20-8-9-21-19(14-27(33)34)16-37-26(21)15-20/h5-9,15,19,25,35H,10-14,16H2,1-4H3,(H,33,34)/t19-,25-/m1/s1. The Balaban J connectivity index is 1.35. The number of ether oxygens (including phenoxy) is 3. The molecule has 1 aromatic heterocycles. The van der Waals surface area contributed by atoms with Gasteiger partial charge in [-0.05, 0) is 63.3 Å². The number of carboxylic acid groups (broad SMARTS) is 1. The van der Waals surface area contributed by atoms with Crippen molar-refractivity contribution in [3.63, 3.8) is 0 Å². The first-order chi connectivity index (χ1) is 18.1. The van der Waals surface area contributed by atoms with E-state index < -0.39 is 11.6 Å². The molecule has 0 unspecified atom stereocenters. The number of aliphatic hydroxyl groups is 1. The zero-order valence-corrected chi connectivity index (χ0v) is 22.3. The number of rotatable bonds is 9. The Kier molecular flexibility index (Phi) is 7.01. The quantitative estimate of drug-likeness (QED) is 0.392. The highest BCUT2D eigenvalue weighted by molar-refractivity contribution is 5.73. The van der Waals surface area contributed by atoms with Gasteiger partial charge in [0, 0.05) is 29.5 Å². The van der Waals surface area contributed by atoms with Crippen molar-refractivity contribution in [2.45, 2.75) is 71.0 Å². The fourth-order valence-electron chi connectivity index (χ4n) is 5.38. The summed E-state index contributed by atoms with van der Waals surface area (Å²) in [7, 11) is 0. The van der Waals surface area contributed by atoms with Gasteiger partial charge in [0.15, 0.2) is 0 Å². The first-order valence-corrected chi connectivity index (χ1v) is 13.1. The number of nitrogens with zero attached hydrogens (tertiary/aromatic N) is 2. The van der Waals surface area contributed by atoms with Crippen molar-refractivity contribution in [1.82, 2.24) is 9.97 Å². The van der Waals surface area contributed by atoms with Gasteiger partial charge in [-0.25, -0.2) is 0 Å². The Morgan fingerprint density at radius 1 is 1.13 bits per heavy atom. The molecule has 0 spiro atoms. The molecule has 0 saturated carbocycles. The van der Waals surface area contributed by atoms with Crippen molar-refractivity contribution in [2.24, 2.45) is 0 Å². The highest BCUT2D eigenvalue weighted by Crippen LogP contribution is 2.43. The Morgan fingerprint density at radius 2 is 1.89 bits per heavy atom. The van der Waals surface area contributed by atoms with Gasteiger partial charge in [0.1, 0.15) is 17.6 Å². The molecule has 0 bridgehead atoms. The predicted molar refractivity (Wildman–Crippen MR) is 142 cm³/mol. The van der Waals surface area contributed by atoms with E-state index in [0.717, 1.165) is 46.5 Å². The van der Waals surface area contributed by atoms with Gasteiger partial charge in [0.05, 0.1) is 36.6 Å². The lowest BCUT2D eigenvalue weighted by Crippen LogP contribution is -2.22. The summed E-state index contributed by atoms with van der Waals surface area (Å²) in [6, 6.07) is 12.3. The van der Waals surface area contributed by atoms with Gasteiger partial charge in [-0.1, -0.05) is 24.3 Å². The third kappa shape index (κ3) is 5.45. The summed E-state index contributed by atoms with van der Waals surface area (Å²) >= 11 is 0. The van der Waals surface area contributed by atoms with Crippen LogP contribution in [0.2, 0.25) is 0 Å². The molecule has 2 aliphatic rings. The minimum absolute atomic E-state index is 0.0580. The number of fused-ring (bicyclic) bond motifs is 2. The van der Waals surface area contributed by atoms with E-state index in [4.69, 9.17) is 19.3 Å². The maximum atomic E-state index is 11.1. The number of hydrogen-bond donors (Lipinski definition) is 2. The van der Waals surface area contributed by atoms with E-state index in [1.807, 2.05) is 38.1 Å². The molecule has 8 nitrogen and oxygen atoms in total. The summed E-state index contributed by atoms with van der Waals surface area (Å²) < 4.78 is 17.9. The van der Waals surface area contributed by atoms with Crippen LogP contribution in [-0.2, 0) is 11.2 Å². The number of aryl methyl sites for hydroxylation is 2. The molecular weight excluding hydrogens is 484 g/mol. The van der Waals surface area contributed by atoms with Crippen LogP contribution in [0, 0.1) is 13.8 Å². The van der Waals surface area contributed by atoms with Crippen LogP contribution in [0.25, 0.3) is 11.1 Å². The lowest BCUT2D eigenvalue weighted by Gasteiger charge is -2.18. The third-order valence-electron chi connectivity index (χ3n) is 7.24. The van der Waals surface area contributed by atoms with E-state index in [2.05, 4.69) is 22.1 Å². The van der Waals surface area contributed by atoms with Gasteiger partial charge in [-0.2, -0.15) is 9.97 Å². The second-order valence-electron chi connectivity index (χ2n) is 10.8. The van der Waals surface area contributed by atoms with E-state index in [0.29, 0.717) is 37.1 Å². The molecule has 0 saturated heterocycles. The molecule has 0 radical (unpaired) electrons. The van der Waals surface area contributed by atoms with Crippen LogP contribution in [0.4, 0.5) is 0 Å². The van der Waals surface area contributed by atoms with Crippen molar-refractivity contribution >= 4 is 5.97 Å². The van der Waals surface area contributed by atoms with Crippen molar-refractivity contribution < 1.29 is 29.2 Å². The van der Waals surface area contributed by atoms with Crippen molar-refractivity contribution in [3.05, 3.63) is 64.5 Å². The number of benzene rings is 2. The average Bonchev–Trinajstić information content (AvgIpc) is 3.42. The lowest BCUT2D eigenvalue weighted by atomic mass is 9.95. The van der Waals surface area contributed by atoms with Crippen molar-refractivity contribution in [3.8, 4) is 28.6 Å². The van der Waals surface area contributed by atoms with Crippen LogP contribution in [0.5, 0.6) is 17.5 Å². The summed E-state index contributed by atoms with van der Waals surface area (Å²) in [4.78, 5) is 20.3. The largest absolute Gasteiger partial charge is 0.492 e. The zero-order chi connectivity index (χ0) is 27.0. The summed E-state index contributed by atoms with van der Waals surface area (Å²) in [5.41, 5.74) is 6.32. The summed E-state index contributed by atoms with van der Waals surface area (Å²) in [6.07, 6.45) is 2.18. The van der Waals surface area contributed by atoms with Crippen molar-refractivity contribution in [2.75, 3.05) is 13.2 Å². The Morgan fingerprint density at radius 3 is 2.61 bits per heavy atom. The zero-order valence-electron chi connectivity index (χ0n) is 22.3. The van der Waals surface area contributed by atoms with Crippen LogP contribution in [-0.4, -0.2) is 45.0 Å². The molecule has 2 heterocycles. The second kappa shape index (κ2) is 10.3. The minimum Gasteiger partial charge on any atom is -0.492 e. The SMILES string of the molecule is Cc1nc(OCCC(C)(C)O)nc(C)c1-c1cccc2c1CC[C@H]2Oc1ccc2c(c1)OC[C@H]2CC(=O)O. The van der Waals surface area contributed by atoms with Crippen molar-refractivity contribution in [1.29, 1.82) is 0 Å². The summed E-state index contributed by atoms with van der Waals surface area (Å²) in [6.45, 7) is 8.16. The highest BCUT2D eigenvalue weighted by atomic mass is 16.5. The number of hydrogen-bond acceptors (Lipinski definition) is 7. The van der Waals surface area contributed by atoms with E-state index >= 15 is 0 Å². The van der Waals surface area contributed by atoms with E-state index in [1.54, 1.807) is 13.8 Å². The topological polar surface area (TPSA) is 111 Å². The molecule has 2 aromatic carbocycles. The van der Waals surface area contributed by atoms with Gasteiger partial charge in [-0.15, -0.1) is 0 Å². The molecule has 1 aliphatic carbocycles. The first kappa shape index (κ1) is 26.0. The van der Waals surface area contributed by atoms with Gasteiger partial charge in [-0.3, -0.25) is 4.79 Å². The third-order valence-corrected chi connectivity index (χ3v) is 7.24. The maximum absolute atomic E-state index is 11.1. The fourth-order valence-corrected chi connectivity index (χ4v) is 5.38. The van der Waals surface area contributed by atoms with Crippen LogP contribution in [0.1, 0.15) is 73.2 Å². The van der Waals surface area contributed by atoms with Crippen LogP contribution >= 0.6 is 0 Å². The molecule has 3 aromatic rings. The van der Waals surface area contributed by atoms with E-state index in [1.165, 1.54) is 5.56 Å². The number of carbonyl (C=O) groups is 1. The van der Waals surface area contributed by atoms with Crippen LogP contribution in [0.15, 0.2) is 36.4 Å². The average molecular weight is 519 g/mol. The summed E-state index contributed by atoms with van der Waals surface area (Å²) in [5, 5.41) is 19.1. The molecule has 0 fully saturated rings. The maximum Gasteiger partial charge on any atom is 0.316 e. The van der Waals surface area contributed by atoms with E-state index in [-0.39, 0.29) is 18.4 Å². The molecule has 8 heteroatoms. The Labute approximate surface area is 222 Å². The fraction of sp³-hybridized carbons (Fsp3) is 0.433. The van der Waals surface area contributed by atoms with Gasteiger partial charge in [0.2, 0.25) is 0 Å². The second-order valence-corrected chi connectivity index (χ2v) is 10.8. The highest BCUT2D eigenvalue weighted by Gasteiger charge is 2.30. The van der Waals surface area contributed by atoms with Gasteiger partial charge < -0.3 is 24.4 Å². The Hall–Kier alpha value is -3.65. The lowest BCUT2D eigenvalue weighted by molar-refractivity contribution is -0.137. The molecule has 200 valence electrons. The molecule has 5 rings (SSSR count). The van der Waals surface area contributed by atoms with E-state index in [9.17, 15) is 9.90 Å². The molecule has 2 N–H and O–H groups in total. The minimum atomic E-state index is -0.825. The number of aromatic nitrogens is 2. The normalized spacial score (nSPS) is 18.0. The molecule has 0 amide bonds. The number of aliphatic carboxylic acids is 1. The molecule has 2 atom stereocenters. The molecule has 1 aliphatic heterocycles. The number of carboxylic acids is 1. The monoisotopic (exact) mass is 518 g/mol. The summed E-state index contributed by atoms with van der Waals surface area (Å²) in [5.74, 6) is 0.465. The van der Waals surface area contributed by atoms with Crippen LogP contribution in [0.3, 0.4) is 0 Å². The predicted octanol–water partition coefficient (Wildman–Crippen LogP) is 5.32. The molecule has 38 heavy (non-hydrogen) atoms.